The Morgan fingerprint density at radius 2 is 1.95 bits per heavy atom. The van der Waals surface area contributed by atoms with Crippen molar-refractivity contribution in [3.63, 3.8) is 0 Å². The van der Waals surface area contributed by atoms with Crippen molar-refractivity contribution in [1.29, 1.82) is 0 Å². The maximum Gasteiger partial charge on any atom is 0.451 e. The van der Waals surface area contributed by atoms with Gasteiger partial charge in [-0.25, -0.2) is 9.97 Å². The lowest BCUT2D eigenvalue weighted by molar-refractivity contribution is -0.144. The van der Waals surface area contributed by atoms with Gasteiger partial charge in [0.15, 0.2) is 0 Å². The number of nitrogens with zero attached hydrogens (tertiary/aromatic N) is 2. The van der Waals surface area contributed by atoms with Crippen LogP contribution in [0.5, 0.6) is 0 Å². The van der Waals surface area contributed by atoms with E-state index in [-0.39, 0.29) is 17.7 Å². The second kappa shape index (κ2) is 8.31. The molecule has 0 amide bonds. The molecule has 0 aliphatic rings. The van der Waals surface area contributed by atoms with Crippen LogP contribution >= 0.6 is 11.8 Å². The maximum absolute atomic E-state index is 12.8. The van der Waals surface area contributed by atoms with Crippen molar-refractivity contribution < 1.29 is 13.2 Å². The van der Waals surface area contributed by atoms with Gasteiger partial charge >= 0.3 is 6.18 Å². The molecule has 1 aromatic heterocycles. The molecule has 0 aromatic carbocycles. The zero-order chi connectivity index (χ0) is 15.9. The smallest absolute Gasteiger partial charge is 0.370 e. The van der Waals surface area contributed by atoms with Crippen molar-refractivity contribution in [1.82, 2.24) is 9.97 Å². The molecule has 21 heavy (non-hydrogen) atoms. The van der Waals surface area contributed by atoms with Gasteiger partial charge in [0, 0.05) is 18.7 Å². The van der Waals surface area contributed by atoms with Gasteiger partial charge in [0.2, 0.25) is 5.82 Å². The summed E-state index contributed by atoms with van der Waals surface area (Å²) in [5.74, 6) is 0.207. The molecule has 0 radical (unpaired) electrons. The number of rotatable bonds is 8. The lowest BCUT2D eigenvalue weighted by Gasteiger charge is -2.16. The standard InChI is InChI=1S/C13H21F3N4S/c1-4-6-17-10-8-11(18-9(2)5-7-21-3)20-12(19-10)13(14,15)16/h8-9H,4-7H2,1-3H3,(H2,17,18,19,20). The van der Waals surface area contributed by atoms with Gasteiger partial charge in [0.1, 0.15) is 11.6 Å². The van der Waals surface area contributed by atoms with Crippen LogP contribution in [0, 0.1) is 0 Å². The SMILES string of the molecule is CCCNc1cc(NC(C)CCSC)nc(C(F)(F)F)n1. The predicted molar refractivity (Wildman–Crippen MR) is 81.9 cm³/mol. The highest BCUT2D eigenvalue weighted by Crippen LogP contribution is 2.28. The Balaban J connectivity index is 2.90. The van der Waals surface area contributed by atoms with Gasteiger partial charge in [0.25, 0.3) is 0 Å². The van der Waals surface area contributed by atoms with Crippen LogP contribution in [0.25, 0.3) is 0 Å². The van der Waals surface area contributed by atoms with E-state index in [9.17, 15) is 13.2 Å². The quantitative estimate of drug-likeness (QED) is 0.761. The third-order valence-corrected chi connectivity index (χ3v) is 3.33. The number of nitrogens with one attached hydrogen (secondary N) is 2. The molecule has 8 heteroatoms. The number of aromatic nitrogens is 2. The van der Waals surface area contributed by atoms with E-state index in [0.717, 1.165) is 18.6 Å². The van der Waals surface area contributed by atoms with Crippen LogP contribution < -0.4 is 10.6 Å². The summed E-state index contributed by atoms with van der Waals surface area (Å²) in [4.78, 5) is 7.09. The number of hydrogen-bond donors (Lipinski definition) is 2. The summed E-state index contributed by atoms with van der Waals surface area (Å²) in [6.07, 6.45) is -0.905. The van der Waals surface area contributed by atoms with Gasteiger partial charge < -0.3 is 10.6 Å². The Kier molecular flexibility index (Phi) is 7.07. The lowest BCUT2D eigenvalue weighted by atomic mass is 10.2. The Morgan fingerprint density at radius 1 is 1.29 bits per heavy atom. The molecule has 0 saturated carbocycles. The molecule has 1 atom stereocenters. The molecule has 1 heterocycles. The molecule has 0 aliphatic carbocycles. The number of halogens is 3. The largest absolute Gasteiger partial charge is 0.451 e. The summed E-state index contributed by atoms with van der Waals surface area (Å²) in [5, 5.41) is 5.87. The molecule has 0 aliphatic heterocycles. The summed E-state index contributed by atoms with van der Waals surface area (Å²) in [6, 6.07) is 1.56. The van der Waals surface area contributed by atoms with E-state index in [4.69, 9.17) is 0 Å². The monoisotopic (exact) mass is 322 g/mol. The Labute approximate surface area is 127 Å². The normalized spacial score (nSPS) is 13.0. The molecule has 0 saturated heterocycles. The maximum atomic E-state index is 12.8. The summed E-state index contributed by atoms with van der Waals surface area (Å²) >= 11 is 1.70. The number of anilines is 2. The van der Waals surface area contributed by atoms with Crippen molar-refractivity contribution >= 4 is 23.4 Å². The molecule has 0 fully saturated rings. The van der Waals surface area contributed by atoms with Crippen molar-refractivity contribution in [3.8, 4) is 0 Å². The fraction of sp³-hybridized carbons (Fsp3) is 0.692. The van der Waals surface area contributed by atoms with Crippen LogP contribution in [0.2, 0.25) is 0 Å². The summed E-state index contributed by atoms with van der Waals surface area (Å²) in [7, 11) is 0. The first kappa shape index (κ1) is 17.9. The molecule has 1 aromatic rings. The fourth-order valence-corrected chi connectivity index (χ4v) is 2.20. The van der Waals surface area contributed by atoms with Crippen LogP contribution in [-0.2, 0) is 6.18 Å². The average molecular weight is 322 g/mol. The predicted octanol–water partition coefficient (Wildman–Crippen LogP) is 3.87. The first-order valence-electron chi connectivity index (χ1n) is 6.82. The van der Waals surface area contributed by atoms with Crippen molar-refractivity contribution in [2.24, 2.45) is 0 Å². The molecule has 0 bridgehead atoms. The summed E-state index contributed by atoms with van der Waals surface area (Å²) in [6.45, 7) is 4.42. The lowest BCUT2D eigenvalue weighted by Crippen LogP contribution is -2.20. The van der Waals surface area contributed by atoms with E-state index in [2.05, 4.69) is 20.6 Å². The average Bonchev–Trinajstić information content (AvgIpc) is 2.41. The van der Waals surface area contributed by atoms with Crippen molar-refractivity contribution in [2.75, 3.05) is 29.2 Å². The highest BCUT2D eigenvalue weighted by Gasteiger charge is 2.35. The molecular weight excluding hydrogens is 301 g/mol. The van der Waals surface area contributed by atoms with Crippen LogP contribution in [0.3, 0.4) is 0 Å². The second-order valence-electron chi connectivity index (χ2n) is 4.71. The third kappa shape index (κ3) is 6.41. The highest BCUT2D eigenvalue weighted by atomic mass is 32.2. The summed E-state index contributed by atoms with van der Waals surface area (Å²) < 4.78 is 38.5. The minimum absolute atomic E-state index is 0.0486. The van der Waals surface area contributed by atoms with Crippen LogP contribution in [-0.4, -0.2) is 34.6 Å². The topological polar surface area (TPSA) is 49.8 Å². The van der Waals surface area contributed by atoms with Gasteiger partial charge in [0.05, 0.1) is 0 Å². The van der Waals surface area contributed by atoms with Crippen molar-refractivity contribution in [2.45, 2.75) is 38.9 Å². The van der Waals surface area contributed by atoms with E-state index in [1.807, 2.05) is 20.1 Å². The number of thioether (sulfide) groups is 1. The highest BCUT2D eigenvalue weighted by molar-refractivity contribution is 7.98. The first-order valence-corrected chi connectivity index (χ1v) is 8.21. The molecule has 0 spiro atoms. The Hall–Kier alpha value is -1.18. The van der Waals surface area contributed by atoms with Gasteiger partial charge in [-0.3, -0.25) is 0 Å². The van der Waals surface area contributed by atoms with E-state index in [0.29, 0.717) is 6.54 Å². The molecule has 1 rings (SSSR count). The molecule has 1 unspecified atom stereocenters. The van der Waals surface area contributed by atoms with Gasteiger partial charge in [-0.15, -0.1) is 0 Å². The van der Waals surface area contributed by atoms with Crippen LogP contribution in [0.15, 0.2) is 6.07 Å². The first-order chi connectivity index (χ1) is 9.86. The minimum Gasteiger partial charge on any atom is -0.370 e. The second-order valence-corrected chi connectivity index (χ2v) is 5.70. The molecule has 4 nitrogen and oxygen atoms in total. The number of hydrogen-bond acceptors (Lipinski definition) is 5. The molecule has 120 valence electrons. The Morgan fingerprint density at radius 3 is 2.52 bits per heavy atom. The van der Waals surface area contributed by atoms with E-state index < -0.39 is 12.0 Å². The number of alkyl halides is 3. The van der Waals surface area contributed by atoms with E-state index in [1.165, 1.54) is 6.07 Å². The van der Waals surface area contributed by atoms with E-state index in [1.54, 1.807) is 11.8 Å². The van der Waals surface area contributed by atoms with Gasteiger partial charge in [-0.05, 0) is 31.8 Å². The zero-order valence-electron chi connectivity index (χ0n) is 12.4. The van der Waals surface area contributed by atoms with Crippen LogP contribution in [0.1, 0.15) is 32.5 Å². The molecule has 2 N–H and O–H groups in total. The van der Waals surface area contributed by atoms with Gasteiger partial charge in [-0.2, -0.15) is 24.9 Å². The Bertz CT molecular complexity index is 440. The van der Waals surface area contributed by atoms with E-state index >= 15 is 0 Å². The van der Waals surface area contributed by atoms with Crippen LogP contribution in [0.4, 0.5) is 24.8 Å². The third-order valence-electron chi connectivity index (χ3n) is 2.69. The minimum atomic E-state index is -4.55. The van der Waals surface area contributed by atoms with Gasteiger partial charge in [-0.1, -0.05) is 6.92 Å². The van der Waals surface area contributed by atoms with Crippen molar-refractivity contribution in [3.05, 3.63) is 11.9 Å². The summed E-state index contributed by atoms with van der Waals surface area (Å²) in [5.41, 5.74) is 0. The fourth-order valence-electron chi connectivity index (χ4n) is 1.61. The zero-order valence-corrected chi connectivity index (χ0v) is 13.2. The molecular formula is C13H21F3N4S.